The van der Waals surface area contributed by atoms with Gasteiger partial charge in [-0.1, -0.05) is 55.8 Å². The van der Waals surface area contributed by atoms with E-state index < -0.39 is 0 Å². The summed E-state index contributed by atoms with van der Waals surface area (Å²) in [5.74, 6) is 0.795. The number of hydrogen-bond donors (Lipinski definition) is 0. The van der Waals surface area contributed by atoms with Crippen LogP contribution < -0.4 is 5.63 Å². The van der Waals surface area contributed by atoms with Crippen molar-refractivity contribution in [1.82, 2.24) is 0 Å². The van der Waals surface area contributed by atoms with Crippen LogP contribution in [0.4, 0.5) is 0 Å². The molecule has 0 amide bonds. The highest BCUT2D eigenvalue weighted by Crippen LogP contribution is 2.18. The summed E-state index contributed by atoms with van der Waals surface area (Å²) in [7, 11) is 0. The molecule has 0 saturated heterocycles. The van der Waals surface area contributed by atoms with E-state index in [1.165, 1.54) is 0 Å². The smallest absolute Gasteiger partial charge is 0.336 e. The molecule has 0 aliphatic carbocycles. The average Bonchev–Trinajstić information content (AvgIpc) is 2.45. The minimum atomic E-state index is -0.259. The molecule has 0 unspecified atom stereocenters. The van der Waals surface area contributed by atoms with E-state index in [2.05, 4.69) is 25.1 Å². The van der Waals surface area contributed by atoms with Gasteiger partial charge >= 0.3 is 5.63 Å². The van der Waals surface area contributed by atoms with Crippen molar-refractivity contribution in [3.63, 3.8) is 0 Å². The number of rotatable bonds is 5. The normalized spacial score (nSPS) is 11.1. The minimum absolute atomic E-state index is 0.259. The van der Waals surface area contributed by atoms with E-state index in [0.717, 1.165) is 41.7 Å². The van der Waals surface area contributed by atoms with Gasteiger partial charge in [-0.25, -0.2) is 4.79 Å². The van der Waals surface area contributed by atoms with Crippen LogP contribution >= 0.6 is 0 Å². The Bertz CT molecular complexity index is 636. The van der Waals surface area contributed by atoms with Crippen molar-refractivity contribution in [2.24, 2.45) is 0 Å². The Labute approximate surface area is 119 Å². The van der Waals surface area contributed by atoms with E-state index in [-0.39, 0.29) is 5.63 Å². The van der Waals surface area contributed by atoms with Crippen LogP contribution in [0.25, 0.3) is 12.2 Å². The fourth-order valence-electron chi connectivity index (χ4n) is 2.17. The van der Waals surface area contributed by atoms with Crippen LogP contribution in [0.2, 0.25) is 0 Å². The van der Waals surface area contributed by atoms with E-state index in [1.54, 1.807) is 6.07 Å². The average molecular weight is 268 g/mol. The molecule has 2 aromatic rings. The molecule has 0 fully saturated rings. The summed E-state index contributed by atoms with van der Waals surface area (Å²) >= 11 is 0. The van der Waals surface area contributed by atoms with Crippen molar-refractivity contribution < 1.29 is 4.42 Å². The first kappa shape index (κ1) is 14.3. The molecular formula is C18H20O2. The molecule has 2 rings (SSSR count). The van der Waals surface area contributed by atoms with E-state index >= 15 is 0 Å². The molecule has 1 aromatic heterocycles. The predicted molar refractivity (Wildman–Crippen MR) is 83.7 cm³/mol. The molecular weight excluding hydrogens is 248 g/mol. The van der Waals surface area contributed by atoms with Crippen LogP contribution in [0.5, 0.6) is 0 Å². The van der Waals surface area contributed by atoms with E-state index in [1.807, 2.05) is 31.2 Å². The lowest BCUT2D eigenvalue weighted by molar-refractivity contribution is 0.450. The lowest BCUT2D eigenvalue weighted by atomic mass is 10.0. The number of hydrogen-bond acceptors (Lipinski definition) is 2. The van der Waals surface area contributed by atoms with Gasteiger partial charge in [-0.05, 0) is 24.5 Å². The van der Waals surface area contributed by atoms with Gasteiger partial charge in [0.2, 0.25) is 0 Å². The zero-order valence-corrected chi connectivity index (χ0v) is 12.1. The zero-order chi connectivity index (χ0) is 14.4. The maximum atomic E-state index is 11.5. The fourth-order valence-corrected chi connectivity index (χ4v) is 2.17. The van der Waals surface area contributed by atoms with E-state index in [4.69, 9.17) is 4.42 Å². The van der Waals surface area contributed by atoms with Crippen LogP contribution in [-0.2, 0) is 6.42 Å². The molecule has 0 spiro atoms. The van der Waals surface area contributed by atoms with Crippen LogP contribution in [0.15, 0.2) is 45.6 Å². The number of aryl methyl sites for hydroxylation is 2. The highest BCUT2D eigenvalue weighted by molar-refractivity contribution is 5.71. The third kappa shape index (κ3) is 3.70. The molecule has 0 radical (unpaired) electrons. The van der Waals surface area contributed by atoms with Gasteiger partial charge in [0, 0.05) is 18.1 Å². The Balaban J connectivity index is 2.34. The van der Waals surface area contributed by atoms with Crippen molar-refractivity contribution in [3.05, 3.63) is 69.3 Å². The predicted octanol–water partition coefficient (Wildman–Crippen LogP) is 4.46. The zero-order valence-electron chi connectivity index (χ0n) is 12.1. The second kappa shape index (κ2) is 6.90. The molecule has 0 atom stereocenters. The maximum Gasteiger partial charge on any atom is 0.336 e. The highest BCUT2D eigenvalue weighted by atomic mass is 16.4. The van der Waals surface area contributed by atoms with Crippen molar-refractivity contribution in [3.8, 4) is 0 Å². The SMILES string of the molecule is CCCCc1oc(=O)cc(C)c1/C=C/c1ccccc1. The Morgan fingerprint density at radius 1 is 1.15 bits per heavy atom. The lowest BCUT2D eigenvalue weighted by Crippen LogP contribution is -2.04. The molecule has 0 aliphatic heterocycles. The monoisotopic (exact) mass is 268 g/mol. The summed E-state index contributed by atoms with van der Waals surface area (Å²) in [6.07, 6.45) is 7.01. The summed E-state index contributed by atoms with van der Waals surface area (Å²) in [6.45, 7) is 4.09. The topological polar surface area (TPSA) is 30.2 Å². The van der Waals surface area contributed by atoms with E-state index in [0.29, 0.717) is 0 Å². The summed E-state index contributed by atoms with van der Waals surface area (Å²) in [6, 6.07) is 11.7. The fraction of sp³-hybridized carbons (Fsp3) is 0.278. The highest BCUT2D eigenvalue weighted by Gasteiger charge is 2.07. The summed E-state index contributed by atoms with van der Waals surface area (Å²) in [5, 5.41) is 0. The first-order chi connectivity index (χ1) is 9.70. The largest absolute Gasteiger partial charge is 0.427 e. The van der Waals surface area contributed by atoms with Crippen molar-refractivity contribution >= 4 is 12.2 Å². The molecule has 1 aromatic carbocycles. The van der Waals surface area contributed by atoms with Gasteiger partial charge in [0.05, 0.1) is 0 Å². The molecule has 104 valence electrons. The first-order valence-electron chi connectivity index (χ1n) is 7.07. The maximum absolute atomic E-state index is 11.5. The van der Waals surface area contributed by atoms with Gasteiger partial charge in [0.15, 0.2) is 0 Å². The van der Waals surface area contributed by atoms with Crippen LogP contribution in [0, 0.1) is 6.92 Å². The van der Waals surface area contributed by atoms with Gasteiger partial charge < -0.3 is 4.42 Å². The lowest BCUT2D eigenvalue weighted by Gasteiger charge is -2.06. The van der Waals surface area contributed by atoms with Gasteiger partial charge in [-0.15, -0.1) is 0 Å². The quantitative estimate of drug-likeness (QED) is 0.801. The third-order valence-electron chi connectivity index (χ3n) is 3.28. The summed E-state index contributed by atoms with van der Waals surface area (Å²) in [4.78, 5) is 11.5. The Kier molecular flexibility index (Phi) is 4.94. The van der Waals surface area contributed by atoms with Crippen LogP contribution in [0.3, 0.4) is 0 Å². The molecule has 2 heteroatoms. The molecule has 2 nitrogen and oxygen atoms in total. The molecule has 0 saturated carbocycles. The third-order valence-corrected chi connectivity index (χ3v) is 3.28. The molecule has 1 heterocycles. The Morgan fingerprint density at radius 2 is 1.90 bits per heavy atom. The van der Waals surface area contributed by atoms with Crippen LogP contribution in [0.1, 0.15) is 42.2 Å². The Morgan fingerprint density at radius 3 is 2.60 bits per heavy atom. The summed E-state index contributed by atoms with van der Waals surface area (Å²) in [5.41, 5.74) is 2.88. The van der Waals surface area contributed by atoms with Gasteiger partial charge in [-0.2, -0.15) is 0 Å². The second-order valence-corrected chi connectivity index (χ2v) is 4.93. The van der Waals surface area contributed by atoms with Crippen molar-refractivity contribution in [2.45, 2.75) is 33.1 Å². The second-order valence-electron chi connectivity index (χ2n) is 4.93. The molecule has 20 heavy (non-hydrogen) atoms. The van der Waals surface area contributed by atoms with Gasteiger partial charge in [-0.3, -0.25) is 0 Å². The molecule has 0 N–H and O–H groups in total. The van der Waals surface area contributed by atoms with Crippen LogP contribution in [-0.4, -0.2) is 0 Å². The Hall–Kier alpha value is -2.09. The van der Waals surface area contributed by atoms with Gasteiger partial charge in [0.1, 0.15) is 5.76 Å². The van der Waals surface area contributed by atoms with Crippen molar-refractivity contribution in [2.75, 3.05) is 0 Å². The minimum Gasteiger partial charge on any atom is -0.427 e. The number of unbranched alkanes of at least 4 members (excludes halogenated alkanes) is 1. The van der Waals surface area contributed by atoms with E-state index in [9.17, 15) is 4.79 Å². The van der Waals surface area contributed by atoms with Gasteiger partial charge in [0.25, 0.3) is 0 Å². The van der Waals surface area contributed by atoms with Crippen molar-refractivity contribution in [1.29, 1.82) is 0 Å². The molecule has 0 bridgehead atoms. The number of benzene rings is 1. The standard InChI is InChI=1S/C18H20O2/c1-3-4-10-17-16(14(2)13-18(19)20-17)12-11-15-8-6-5-7-9-15/h5-9,11-13H,3-4,10H2,1-2H3/b12-11+. The summed E-state index contributed by atoms with van der Waals surface area (Å²) < 4.78 is 5.37. The first-order valence-corrected chi connectivity index (χ1v) is 7.07. The molecule has 0 aliphatic rings.